The number of rotatable bonds is 8. The van der Waals surface area contributed by atoms with Crippen molar-refractivity contribution in [1.29, 1.82) is 5.26 Å². The number of nitrogens with zero attached hydrogens (tertiary/aromatic N) is 5. The summed E-state index contributed by atoms with van der Waals surface area (Å²) in [5, 5.41) is 10.7. The van der Waals surface area contributed by atoms with Gasteiger partial charge in [0.2, 0.25) is 0 Å². The van der Waals surface area contributed by atoms with E-state index < -0.39 is 0 Å². The predicted molar refractivity (Wildman–Crippen MR) is 243 cm³/mol. The maximum absolute atomic E-state index is 9.72. The zero-order chi connectivity index (χ0) is 40.3. The average molecular weight is 766 g/mol. The summed E-state index contributed by atoms with van der Waals surface area (Å²) in [4.78, 5) is 20.9. The molecular formula is C55H35N5. The van der Waals surface area contributed by atoms with E-state index in [0.717, 1.165) is 89.2 Å². The Bertz CT molecular complexity index is 3220. The van der Waals surface area contributed by atoms with Crippen molar-refractivity contribution < 1.29 is 0 Å². The average Bonchev–Trinajstić information content (AvgIpc) is 3.34. The topological polar surface area (TPSA) is 75.3 Å². The third-order valence-electron chi connectivity index (χ3n) is 10.8. The minimum Gasteiger partial charge on any atom is -0.228 e. The van der Waals surface area contributed by atoms with E-state index in [1.54, 1.807) is 0 Å². The zero-order valence-electron chi connectivity index (χ0n) is 32.4. The van der Waals surface area contributed by atoms with Gasteiger partial charge in [0, 0.05) is 33.2 Å². The molecule has 0 aliphatic carbocycles. The van der Waals surface area contributed by atoms with Crippen LogP contribution in [0.25, 0.3) is 101 Å². The molecule has 0 aliphatic rings. The molecule has 2 aromatic heterocycles. The van der Waals surface area contributed by atoms with Gasteiger partial charge in [-0.05, 0) is 57.6 Å². The second kappa shape index (κ2) is 15.9. The molecule has 0 radical (unpaired) electrons. The molecule has 0 atom stereocenters. The Balaban J connectivity index is 1.15. The van der Waals surface area contributed by atoms with Gasteiger partial charge < -0.3 is 0 Å². The van der Waals surface area contributed by atoms with Crippen LogP contribution in [0.1, 0.15) is 5.56 Å². The lowest BCUT2D eigenvalue weighted by molar-refractivity contribution is 1.18. The van der Waals surface area contributed by atoms with Crippen molar-refractivity contribution in [3.05, 3.63) is 218 Å². The van der Waals surface area contributed by atoms with E-state index in [2.05, 4.69) is 121 Å². The van der Waals surface area contributed by atoms with Crippen molar-refractivity contribution in [2.45, 2.75) is 0 Å². The number of hydrogen-bond acceptors (Lipinski definition) is 5. The molecule has 8 aromatic carbocycles. The summed E-state index contributed by atoms with van der Waals surface area (Å²) in [6, 6.07) is 74.3. The van der Waals surface area contributed by atoms with E-state index in [1.165, 1.54) is 0 Å². The minimum absolute atomic E-state index is 0.605. The van der Waals surface area contributed by atoms with Crippen LogP contribution in [-0.2, 0) is 0 Å². The van der Waals surface area contributed by atoms with Crippen LogP contribution in [0.4, 0.5) is 0 Å². The van der Waals surface area contributed by atoms with Gasteiger partial charge in [-0.25, -0.2) is 19.9 Å². The molecule has 60 heavy (non-hydrogen) atoms. The minimum atomic E-state index is 0.605. The highest BCUT2D eigenvalue weighted by Gasteiger charge is 2.20. The standard InChI is InChI=1S/C55H35N5/c56-36-37-18-17-23-40(34-37)41-24-7-12-29-46(41)51-35-52(59-54(58-51)39-21-5-2-6-22-39)47-30-13-10-27-44(47)42-25-8-9-26-43(42)45-28-11-14-31-48(45)55-57-50-33-16-15-32-49(50)53(60-55)38-19-3-1-4-20-38/h1-35H. The lowest BCUT2D eigenvalue weighted by Gasteiger charge is -2.18. The third-order valence-corrected chi connectivity index (χ3v) is 10.8. The molecule has 0 saturated heterocycles. The van der Waals surface area contributed by atoms with E-state index in [9.17, 15) is 5.26 Å². The molecule has 0 saturated carbocycles. The first-order chi connectivity index (χ1) is 29.7. The van der Waals surface area contributed by atoms with Gasteiger partial charge >= 0.3 is 0 Å². The first kappa shape index (κ1) is 36.0. The molecular weight excluding hydrogens is 731 g/mol. The largest absolute Gasteiger partial charge is 0.228 e. The first-order valence-electron chi connectivity index (χ1n) is 19.9. The van der Waals surface area contributed by atoms with Gasteiger partial charge in [0.15, 0.2) is 11.6 Å². The Morgan fingerprint density at radius 3 is 1.42 bits per heavy atom. The normalized spacial score (nSPS) is 11.0. The molecule has 0 bridgehead atoms. The van der Waals surface area contributed by atoms with Crippen LogP contribution in [0.2, 0.25) is 0 Å². The van der Waals surface area contributed by atoms with Crippen LogP contribution in [0, 0.1) is 11.3 Å². The molecule has 0 N–H and O–H groups in total. The van der Waals surface area contributed by atoms with Gasteiger partial charge in [-0.2, -0.15) is 5.26 Å². The quantitative estimate of drug-likeness (QED) is 0.154. The highest BCUT2D eigenvalue weighted by atomic mass is 14.9. The van der Waals surface area contributed by atoms with E-state index in [0.29, 0.717) is 17.2 Å². The Labute approximate surface area is 348 Å². The number of hydrogen-bond donors (Lipinski definition) is 0. The summed E-state index contributed by atoms with van der Waals surface area (Å²) in [6.07, 6.45) is 0. The molecule has 5 heteroatoms. The van der Waals surface area contributed by atoms with E-state index in [1.807, 2.05) is 97.1 Å². The van der Waals surface area contributed by atoms with E-state index >= 15 is 0 Å². The maximum atomic E-state index is 9.72. The molecule has 280 valence electrons. The molecule has 0 fully saturated rings. The van der Waals surface area contributed by atoms with Gasteiger partial charge in [-0.15, -0.1) is 0 Å². The summed E-state index contributed by atoms with van der Waals surface area (Å²) in [5.41, 5.74) is 14.9. The van der Waals surface area contributed by atoms with Gasteiger partial charge in [-0.3, -0.25) is 0 Å². The Hall–Kier alpha value is -8.33. The number of nitriles is 1. The second-order valence-corrected chi connectivity index (χ2v) is 14.5. The Morgan fingerprint density at radius 1 is 0.317 bits per heavy atom. The smallest absolute Gasteiger partial charge is 0.161 e. The SMILES string of the molecule is N#Cc1cccc(-c2ccccc2-c2cc(-c3ccccc3-c3ccccc3-c3ccccc3-c3nc(-c4ccccc4)c4ccccc4n3)nc(-c3ccccc3)n2)c1. The molecule has 10 aromatic rings. The number of aromatic nitrogens is 4. The van der Waals surface area contributed by atoms with Crippen LogP contribution in [0.15, 0.2) is 212 Å². The van der Waals surface area contributed by atoms with Crippen molar-refractivity contribution >= 4 is 10.9 Å². The monoisotopic (exact) mass is 765 g/mol. The summed E-state index contributed by atoms with van der Waals surface area (Å²) in [5.74, 6) is 1.29. The summed E-state index contributed by atoms with van der Waals surface area (Å²) in [6.45, 7) is 0. The van der Waals surface area contributed by atoms with Gasteiger partial charge in [0.05, 0.1) is 34.2 Å². The Morgan fingerprint density at radius 2 is 0.783 bits per heavy atom. The molecule has 0 spiro atoms. The first-order valence-corrected chi connectivity index (χ1v) is 19.9. The van der Waals surface area contributed by atoms with Crippen LogP contribution < -0.4 is 0 Å². The lowest BCUT2D eigenvalue weighted by Crippen LogP contribution is -1.99. The fraction of sp³-hybridized carbons (Fsp3) is 0. The highest BCUT2D eigenvalue weighted by molar-refractivity contribution is 5.98. The molecule has 10 rings (SSSR count). The predicted octanol–water partition coefficient (Wildman–Crippen LogP) is 13.6. The molecule has 5 nitrogen and oxygen atoms in total. The van der Waals surface area contributed by atoms with Crippen molar-refractivity contribution in [2.24, 2.45) is 0 Å². The lowest BCUT2D eigenvalue weighted by atomic mass is 9.88. The van der Waals surface area contributed by atoms with Crippen LogP contribution in [0.5, 0.6) is 0 Å². The van der Waals surface area contributed by atoms with Crippen LogP contribution >= 0.6 is 0 Å². The number of para-hydroxylation sites is 1. The number of benzene rings is 8. The molecule has 0 aliphatic heterocycles. The second-order valence-electron chi connectivity index (χ2n) is 14.5. The van der Waals surface area contributed by atoms with Gasteiger partial charge in [0.1, 0.15) is 0 Å². The van der Waals surface area contributed by atoms with Gasteiger partial charge in [0.25, 0.3) is 0 Å². The molecule has 0 amide bonds. The summed E-state index contributed by atoms with van der Waals surface area (Å²) >= 11 is 0. The van der Waals surface area contributed by atoms with E-state index in [-0.39, 0.29) is 0 Å². The van der Waals surface area contributed by atoms with Crippen molar-refractivity contribution in [3.8, 4) is 96.0 Å². The third kappa shape index (κ3) is 6.89. The zero-order valence-corrected chi connectivity index (χ0v) is 32.4. The fourth-order valence-corrected chi connectivity index (χ4v) is 7.97. The van der Waals surface area contributed by atoms with Crippen LogP contribution in [0.3, 0.4) is 0 Å². The molecule has 2 heterocycles. The van der Waals surface area contributed by atoms with E-state index in [4.69, 9.17) is 19.9 Å². The van der Waals surface area contributed by atoms with Crippen molar-refractivity contribution in [2.75, 3.05) is 0 Å². The van der Waals surface area contributed by atoms with Crippen molar-refractivity contribution in [3.63, 3.8) is 0 Å². The molecule has 0 unspecified atom stereocenters. The number of fused-ring (bicyclic) bond motifs is 1. The summed E-state index contributed by atoms with van der Waals surface area (Å²) < 4.78 is 0. The van der Waals surface area contributed by atoms with Gasteiger partial charge in [-0.1, -0.05) is 188 Å². The van der Waals surface area contributed by atoms with Crippen molar-refractivity contribution in [1.82, 2.24) is 19.9 Å². The Kier molecular flexibility index (Phi) is 9.55. The summed E-state index contributed by atoms with van der Waals surface area (Å²) in [7, 11) is 0. The maximum Gasteiger partial charge on any atom is 0.161 e. The fourth-order valence-electron chi connectivity index (χ4n) is 7.97. The highest BCUT2D eigenvalue weighted by Crippen LogP contribution is 2.43. The van der Waals surface area contributed by atoms with Crippen LogP contribution in [-0.4, -0.2) is 19.9 Å².